The fourth-order valence-electron chi connectivity index (χ4n) is 2.62. The molecule has 3 aromatic carbocycles. The number of Topliss-reactive ketones (excluding diaryl/α,β-unsaturated/α-hetero) is 1. The van der Waals surface area contributed by atoms with Crippen molar-refractivity contribution in [3.8, 4) is 0 Å². The maximum atomic E-state index is 13.1. The van der Waals surface area contributed by atoms with Gasteiger partial charge in [-0.3, -0.25) is 4.79 Å². The minimum Gasteiger partial charge on any atom is -0.378 e. The number of hydrogen-bond donors (Lipinski definition) is 1. The van der Waals surface area contributed by atoms with Crippen LogP contribution in [0.2, 0.25) is 5.02 Å². The second kappa shape index (κ2) is 7.95. The van der Waals surface area contributed by atoms with Gasteiger partial charge < -0.3 is 5.32 Å². The first kappa shape index (κ1) is 17.2. The number of halogens is 2. The highest BCUT2D eigenvalue weighted by molar-refractivity contribution is 6.30. The lowest BCUT2D eigenvalue weighted by molar-refractivity contribution is 0.0976. The Morgan fingerprint density at radius 1 is 0.920 bits per heavy atom. The summed E-state index contributed by atoms with van der Waals surface area (Å²) in [5, 5.41) is 4.04. The first-order chi connectivity index (χ1) is 12.1. The van der Waals surface area contributed by atoms with Crippen molar-refractivity contribution in [2.75, 3.05) is 5.32 Å². The number of nitrogens with one attached hydrogen (secondary N) is 1. The predicted molar refractivity (Wildman–Crippen MR) is 99.6 cm³/mol. The summed E-state index contributed by atoms with van der Waals surface area (Å²) >= 11 is 5.93. The zero-order valence-corrected chi connectivity index (χ0v) is 14.2. The van der Waals surface area contributed by atoms with E-state index in [4.69, 9.17) is 11.6 Å². The van der Waals surface area contributed by atoms with Gasteiger partial charge in [-0.25, -0.2) is 4.39 Å². The Labute approximate surface area is 151 Å². The molecule has 0 aliphatic heterocycles. The first-order valence-corrected chi connectivity index (χ1v) is 8.35. The van der Waals surface area contributed by atoms with Gasteiger partial charge in [0.25, 0.3) is 0 Å². The van der Waals surface area contributed by atoms with Crippen molar-refractivity contribution in [2.24, 2.45) is 0 Å². The van der Waals surface area contributed by atoms with Crippen LogP contribution in [0.15, 0.2) is 78.9 Å². The molecular formula is C21H17ClFNO. The molecule has 0 aromatic heterocycles. The van der Waals surface area contributed by atoms with Crippen molar-refractivity contribution in [1.82, 2.24) is 0 Å². The Kier molecular flexibility index (Phi) is 5.46. The van der Waals surface area contributed by atoms with E-state index in [0.29, 0.717) is 10.6 Å². The summed E-state index contributed by atoms with van der Waals surface area (Å²) in [4.78, 5) is 12.6. The van der Waals surface area contributed by atoms with Crippen LogP contribution in [-0.2, 0) is 0 Å². The number of benzene rings is 3. The SMILES string of the molecule is O=C(CC(Nc1ccc(Cl)cc1)c1ccccc1)c1ccc(F)cc1. The van der Waals surface area contributed by atoms with Crippen LogP contribution in [0, 0.1) is 5.82 Å². The molecule has 0 aliphatic rings. The van der Waals surface area contributed by atoms with E-state index in [9.17, 15) is 9.18 Å². The van der Waals surface area contributed by atoms with E-state index in [1.165, 1.54) is 24.3 Å². The van der Waals surface area contributed by atoms with Crippen LogP contribution >= 0.6 is 11.6 Å². The fourth-order valence-corrected chi connectivity index (χ4v) is 2.75. The molecule has 0 aliphatic carbocycles. The number of anilines is 1. The molecule has 0 spiro atoms. The van der Waals surface area contributed by atoms with E-state index in [1.54, 1.807) is 12.1 Å². The molecule has 0 heterocycles. The quantitative estimate of drug-likeness (QED) is 0.558. The summed E-state index contributed by atoms with van der Waals surface area (Å²) in [6.45, 7) is 0. The lowest BCUT2D eigenvalue weighted by Gasteiger charge is -2.20. The van der Waals surface area contributed by atoms with Gasteiger partial charge in [0.05, 0.1) is 6.04 Å². The summed E-state index contributed by atoms with van der Waals surface area (Å²) < 4.78 is 13.1. The Morgan fingerprint density at radius 3 is 2.20 bits per heavy atom. The predicted octanol–water partition coefficient (Wildman–Crippen LogP) is 5.91. The monoisotopic (exact) mass is 353 g/mol. The van der Waals surface area contributed by atoms with Crippen LogP contribution in [0.3, 0.4) is 0 Å². The van der Waals surface area contributed by atoms with Crippen LogP contribution in [0.5, 0.6) is 0 Å². The van der Waals surface area contributed by atoms with E-state index in [1.807, 2.05) is 42.5 Å². The number of hydrogen-bond acceptors (Lipinski definition) is 2. The standard InChI is InChI=1S/C21H17ClFNO/c22-17-8-12-19(13-9-17)24-20(15-4-2-1-3-5-15)14-21(25)16-6-10-18(23)11-7-16/h1-13,20,24H,14H2. The lowest BCUT2D eigenvalue weighted by atomic mass is 9.97. The summed E-state index contributed by atoms with van der Waals surface area (Å²) in [7, 11) is 0. The van der Waals surface area contributed by atoms with E-state index in [-0.39, 0.29) is 24.1 Å². The van der Waals surface area contributed by atoms with Crippen molar-refractivity contribution >= 4 is 23.1 Å². The molecule has 3 aromatic rings. The average molecular weight is 354 g/mol. The van der Waals surface area contributed by atoms with Gasteiger partial charge >= 0.3 is 0 Å². The van der Waals surface area contributed by atoms with Gasteiger partial charge in [-0.15, -0.1) is 0 Å². The molecule has 1 unspecified atom stereocenters. The third kappa shape index (κ3) is 4.68. The summed E-state index contributed by atoms with van der Waals surface area (Å²) in [5.74, 6) is -0.397. The largest absolute Gasteiger partial charge is 0.378 e. The molecule has 0 radical (unpaired) electrons. The molecule has 4 heteroatoms. The minimum atomic E-state index is -0.351. The topological polar surface area (TPSA) is 29.1 Å². The molecule has 0 amide bonds. The van der Waals surface area contributed by atoms with Gasteiger partial charge in [0.15, 0.2) is 5.78 Å². The third-order valence-electron chi connectivity index (χ3n) is 3.94. The molecule has 25 heavy (non-hydrogen) atoms. The maximum absolute atomic E-state index is 13.1. The normalized spacial score (nSPS) is 11.8. The second-order valence-corrected chi connectivity index (χ2v) is 6.19. The van der Waals surface area contributed by atoms with Gasteiger partial charge in [-0.1, -0.05) is 41.9 Å². The smallest absolute Gasteiger partial charge is 0.165 e. The molecule has 0 saturated heterocycles. The van der Waals surface area contributed by atoms with Gasteiger partial charge in [0.2, 0.25) is 0 Å². The van der Waals surface area contributed by atoms with Crippen LogP contribution in [-0.4, -0.2) is 5.78 Å². The van der Waals surface area contributed by atoms with E-state index in [0.717, 1.165) is 11.3 Å². The molecule has 0 bridgehead atoms. The van der Waals surface area contributed by atoms with Crippen molar-refractivity contribution < 1.29 is 9.18 Å². The summed E-state index contributed by atoms with van der Waals surface area (Å²) in [6.07, 6.45) is 0.262. The Hall–Kier alpha value is -2.65. The fraction of sp³-hybridized carbons (Fsp3) is 0.0952. The Balaban J connectivity index is 1.82. The van der Waals surface area contributed by atoms with Crippen LogP contribution in [0.25, 0.3) is 0 Å². The highest BCUT2D eigenvalue weighted by Gasteiger charge is 2.17. The van der Waals surface area contributed by atoms with Crippen LogP contribution in [0.4, 0.5) is 10.1 Å². The number of ketones is 1. The molecule has 1 atom stereocenters. The Bertz CT molecular complexity index is 832. The zero-order chi connectivity index (χ0) is 17.6. The van der Waals surface area contributed by atoms with E-state index >= 15 is 0 Å². The van der Waals surface area contributed by atoms with E-state index in [2.05, 4.69) is 5.32 Å². The van der Waals surface area contributed by atoms with Crippen molar-refractivity contribution in [3.63, 3.8) is 0 Å². The molecule has 2 nitrogen and oxygen atoms in total. The first-order valence-electron chi connectivity index (χ1n) is 7.97. The second-order valence-electron chi connectivity index (χ2n) is 5.75. The maximum Gasteiger partial charge on any atom is 0.165 e. The van der Waals surface area contributed by atoms with Crippen molar-refractivity contribution in [3.05, 3.63) is 101 Å². The molecule has 0 fully saturated rings. The van der Waals surface area contributed by atoms with Gasteiger partial charge in [-0.2, -0.15) is 0 Å². The number of carbonyl (C=O) groups is 1. The molecular weight excluding hydrogens is 337 g/mol. The average Bonchev–Trinajstić information content (AvgIpc) is 2.64. The number of carbonyl (C=O) groups excluding carboxylic acids is 1. The molecule has 1 N–H and O–H groups in total. The van der Waals surface area contributed by atoms with Crippen LogP contribution in [0.1, 0.15) is 28.4 Å². The molecule has 3 rings (SSSR count). The molecule has 0 saturated carbocycles. The zero-order valence-electron chi connectivity index (χ0n) is 13.5. The highest BCUT2D eigenvalue weighted by atomic mass is 35.5. The van der Waals surface area contributed by atoms with Gasteiger partial charge in [0, 0.05) is 22.7 Å². The van der Waals surface area contributed by atoms with Crippen molar-refractivity contribution in [1.29, 1.82) is 0 Å². The van der Waals surface area contributed by atoms with Crippen molar-refractivity contribution in [2.45, 2.75) is 12.5 Å². The third-order valence-corrected chi connectivity index (χ3v) is 4.19. The summed E-state index contributed by atoms with van der Waals surface area (Å²) in [5.41, 5.74) is 2.39. The molecule has 126 valence electrons. The van der Waals surface area contributed by atoms with E-state index < -0.39 is 0 Å². The lowest BCUT2D eigenvalue weighted by Crippen LogP contribution is -2.15. The highest BCUT2D eigenvalue weighted by Crippen LogP contribution is 2.25. The minimum absolute atomic E-state index is 0.0460. The van der Waals surface area contributed by atoms with Gasteiger partial charge in [-0.05, 0) is 54.1 Å². The van der Waals surface area contributed by atoms with Crippen LogP contribution < -0.4 is 5.32 Å². The van der Waals surface area contributed by atoms with Gasteiger partial charge in [0.1, 0.15) is 5.82 Å². The number of rotatable bonds is 6. The Morgan fingerprint density at radius 2 is 1.56 bits per heavy atom. The summed E-state index contributed by atoms with van der Waals surface area (Å²) in [6, 6.07) is 22.6.